The van der Waals surface area contributed by atoms with Crippen LogP contribution in [-0.2, 0) is 45.6 Å². The molecular formula is C81H70ClN11O12. The first-order valence-corrected chi connectivity index (χ1v) is 34.9. The number of nitrogens with one attached hydrogen (secondary N) is 3. The highest BCUT2D eigenvalue weighted by atomic mass is 35.5. The van der Waals surface area contributed by atoms with Crippen molar-refractivity contribution in [2.75, 3.05) is 61.4 Å². The fraction of sp³-hybridized carbons (Fsp3) is 0.210. The van der Waals surface area contributed by atoms with E-state index in [9.17, 15) is 39.4 Å². The SMILES string of the molecule is COc1ccc(C(OCCCN(CCCC(=O)n2ccc3c4c(ccc32)NC(C(=O)n2ccc3c5c(ccc32)NC(C(=O)n2ccc3c6c(ccc32)NC(C(=O)OCCc2ccc([N+](=O)[O-])cc2)C6)C5)C4)c2ccc(N=Nc3ccc([N+](=O)[O-])cc3Cl)cc2)(c2ccccc2)c2ccc(OC)cc2)cc1. The molecule has 0 saturated heterocycles. The molecule has 0 saturated carbocycles. The summed E-state index contributed by atoms with van der Waals surface area (Å²) >= 11 is 6.35. The minimum absolute atomic E-state index is 0.00714. The molecule has 24 heteroatoms. The molecule has 0 amide bonds. The maximum absolute atomic E-state index is 14.7. The number of nitro benzene ring substituents is 2. The Labute approximate surface area is 606 Å². The van der Waals surface area contributed by atoms with Gasteiger partial charge in [-0.25, -0.2) is 4.79 Å². The summed E-state index contributed by atoms with van der Waals surface area (Å²) in [5.74, 6) is 0.638. The van der Waals surface area contributed by atoms with E-state index in [1.165, 1.54) is 30.3 Å². The van der Waals surface area contributed by atoms with Gasteiger partial charge in [-0.2, -0.15) is 5.11 Å². The Balaban J connectivity index is 0.601. The second-order valence-electron chi connectivity index (χ2n) is 26.2. The van der Waals surface area contributed by atoms with Gasteiger partial charge in [-0.05, 0) is 161 Å². The largest absolute Gasteiger partial charge is 0.497 e. The number of hydrogen-bond acceptors (Lipinski definition) is 18. The Bertz CT molecular complexity index is 5340. The minimum atomic E-state index is -1.03. The van der Waals surface area contributed by atoms with Gasteiger partial charge in [-0.1, -0.05) is 78.3 Å². The van der Waals surface area contributed by atoms with Crippen LogP contribution in [0.4, 0.5) is 45.5 Å². The molecule has 9 aromatic carbocycles. The normalized spacial score (nSPS) is 15.1. The Kier molecular flexibility index (Phi) is 18.9. The van der Waals surface area contributed by atoms with Crippen molar-refractivity contribution in [3.8, 4) is 11.5 Å². The number of ether oxygens (including phenoxy) is 4. The number of aromatic nitrogens is 3. The number of carbonyl (C=O) groups is 4. The molecule has 3 unspecified atom stereocenters. The number of nitro groups is 2. The topological polar surface area (TPSA) is 270 Å². The van der Waals surface area contributed by atoms with Crippen LogP contribution < -0.4 is 30.3 Å². The third-order valence-electron chi connectivity index (χ3n) is 20.1. The number of nitrogens with zero attached hydrogens (tertiary/aromatic N) is 8. The molecule has 15 rings (SSSR count). The van der Waals surface area contributed by atoms with E-state index < -0.39 is 39.5 Å². The summed E-state index contributed by atoms with van der Waals surface area (Å²) < 4.78 is 29.0. The number of azo groups is 1. The molecule has 0 fully saturated rings. The van der Waals surface area contributed by atoms with Crippen molar-refractivity contribution in [1.29, 1.82) is 0 Å². The highest BCUT2D eigenvalue weighted by Gasteiger charge is 2.39. The molecule has 3 aliphatic heterocycles. The quantitative estimate of drug-likeness (QED) is 0.0120. The van der Waals surface area contributed by atoms with Gasteiger partial charge in [0.2, 0.25) is 5.91 Å². The summed E-state index contributed by atoms with van der Waals surface area (Å²) in [5, 5.41) is 44.0. The lowest BCUT2D eigenvalue weighted by Crippen LogP contribution is -2.34. The number of halogens is 1. The van der Waals surface area contributed by atoms with Crippen molar-refractivity contribution in [1.82, 2.24) is 13.7 Å². The molecule has 3 aliphatic rings. The van der Waals surface area contributed by atoms with Crippen LogP contribution in [0.3, 0.4) is 0 Å². The van der Waals surface area contributed by atoms with Crippen LogP contribution in [0.5, 0.6) is 11.5 Å². The van der Waals surface area contributed by atoms with Crippen LogP contribution in [0.1, 0.15) is 72.6 Å². The van der Waals surface area contributed by atoms with Crippen LogP contribution in [0.15, 0.2) is 229 Å². The first kappa shape index (κ1) is 68.3. The third-order valence-corrected chi connectivity index (χ3v) is 20.4. The predicted octanol–water partition coefficient (Wildman–Crippen LogP) is 16.3. The molecule has 0 bridgehead atoms. The zero-order valence-electron chi connectivity index (χ0n) is 57.1. The van der Waals surface area contributed by atoms with E-state index >= 15 is 0 Å². The molecular weight excluding hydrogens is 1350 g/mol. The number of rotatable bonds is 25. The maximum Gasteiger partial charge on any atom is 0.328 e. The fourth-order valence-electron chi connectivity index (χ4n) is 14.8. The van der Waals surface area contributed by atoms with Gasteiger partial charge in [0, 0.05) is 127 Å². The molecule has 528 valence electrons. The van der Waals surface area contributed by atoms with Gasteiger partial charge < -0.3 is 39.8 Å². The first-order valence-electron chi connectivity index (χ1n) is 34.5. The molecule has 23 nitrogen and oxygen atoms in total. The van der Waals surface area contributed by atoms with Gasteiger partial charge in [0.05, 0.1) is 64.5 Å². The van der Waals surface area contributed by atoms with E-state index in [2.05, 4.69) is 43.2 Å². The fourth-order valence-corrected chi connectivity index (χ4v) is 15.0. The number of anilines is 4. The lowest BCUT2D eigenvalue weighted by Gasteiger charge is -2.36. The minimum Gasteiger partial charge on any atom is -0.497 e. The number of fused-ring (bicyclic) bond motifs is 9. The van der Waals surface area contributed by atoms with E-state index in [0.717, 1.165) is 88.9 Å². The number of carbonyl (C=O) groups excluding carboxylic acids is 4. The molecule has 3 N–H and O–H groups in total. The smallest absolute Gasteiger partial charge is 0.328 e. The van der Waals surface area contributed by atoms with Crippen molar-refractivity contribution >= 4 is 113 Å². The maximum atomic E-state index is 14.7. The van der Waals surface area contributed by atoms with E-state index in [1.807, 2.05) is 146 Å². The summed E-state index contributed by atoms with van der Waals surface area (Å²) in [5.41, 5.74) is 11.5. The summed E-state index contributed by atoms with van der Waals surface area (Å²) in [6, 6.07) is 59.1. The number of non-ortho nitro benzene ring substituents is 2. The van der Waals surface area contributed by atoms with E-state index in [0.29, 0.717) is 80.9 Å². The molecule has 105 heavy (non-hydrogen) atoms. The van der Waals surface area contributed by atoms with Crippen molar-refractivity contribution in [3.05, 3.63) is 283 Å². The molecule has 0 spiro atoms. The molecule has 3 aromatic heterocycles. The number of benzene rings is 9. The Morgan fingerprint density at radius 2 is 1.04 bits per heavy atom. The molecule has 0 aliphatic carbocycles. The molecule has 0 radical (unpaired) electrons. The van der Waals surface area contributed by atoms with Gasteiger partial charge >= 0.3 is 5.97 Å². The van der Waals surface area contributed by atoms with Crippen LogP contribution in [0.25, 0.3) is 32.7 Å². The molecule has 6 heterocycles. The van der Waals surface area contributed by atoms with E-state index in [1.54, 1.807) is 58.6 Å². The second-order valence-corrected chi connectivity index (χ2v) is 26.6. The number of esters is 1. The monoisotopic (exact) mass is 1420 g/mol. The number of methoxy groups -OCH3 is 2. The van der Waals surface area contributed by atoms with Gasteiger partial charge in [0.1, 0.15) is 40.9 Å². The van der Waals surface area contributed by atoms with Gasteiger partial charge in [-0.15, -0.1) is 5.11 Å². The first-order chi connectivity index (χ1) is 51.1. The predicted molar refractivity (Wildman–Crippen MR) is 402 cm³/mol. The van der Waals surface area contributed by atoms with Gasteiger partial charge in [0.25, 0.3) is 23.2 Å². The number of hydrogen-bond donors (Lipinski definition) is 3. The molecule has 3 atom stereocenters. The van der Waals surface area contributed by atoms with Crippen LogP contribution in [0.2, 0.25) is 5.02 Å². The molecule has 12 aromatic rings. The zero-order valence-corrected chi connectivity index (χ0v) is 57.9. The van der Waals surface area contributed by atoms with E-state index in [-0.39, 0.29) is 52.8 Å². The van der Waals surface area contributed by atoms with Crippen molar-refractivity contribution < 1.29 is 48.0 Å². The lowest BCUT2D eigenvalue weighted by molar-refractivity contribution is -0.385. The van der Waals surface area contributed by atoms with Crippen molar-refractivity contribution in [2.45, 2.75) is 68.7 Å². The summed E-state index contributed by atoms with van der Waals surface area (Å²) in [4.78, 5) is 80.5. The summed E-state index contributed by atoms with van der Waals surface area (Å²) in [6.45, 7) is 1.51. The summed E-state index contributed by atoms with van der Waals surface area (Å²) in [6.07, 6.45) is 8.24. The highest BCUT2D eigenvalue weighted by molar-refractivity contribution is 6.33. The Morgan fingerprint density at radius 1 is 0.543 bits per heavy atom. The van der Waals surface area contributed by atoms with Gasteiger partial charge in [-0.3, -0.25) is 48.3 Å². The Morgan fingerprint density at radius 3 is 1.57 bits per heavy atom. The average Bonchev–Trinajstić information content (AvgIpc) is 1.44. The summed E-state index contributed by atoms with van der Waals surface area (Å²) in [7, 11) is 3.28. The second kappa shape index (κ2) is 29.1. The average molecular weight is 1420 g/mol. The standard InChI is InChI=1S/C81H70ClN11O12/c1-102-58-24-13-52(14-25-58)81(51-8-4-3-5-9-51,53-15-26-59(103-2)27-16-53)105-44-7-40-88(55-21-17-54(18-22-55)86-87-70-28-23-57(93(100)101)46-66(70)82)39-6-10-77(94)89-41-35-60-63-47-71(83-67(63)29-32-74(60)89)78(95)90-42-36-61-64-48-72(84-68(64)30-33-75(61)90)79(96)91-43-37-62-65-49-73(85-69(65)31-34-76(62)91)80(97)104-45-38-50-11-19-56(20-12-50)92(98)99/h3-5,8-9,11-37,41-43,46,71-73,83-85H,6-7,10,38-40,44-45,47-49H2,1-2H3. The van der Waals surface area contributed by atoms with Crippen molar-refractivity contribution in [2.24, 2.45) is 10.2 Å². The Hall–Kier alpha value is -12.5. The van der Waals surface area contributed by atoms with Gasteiger partial charge in [0.15, 0.2) is 0 Å². The lowest BCUT2D eigenvalue weighted by atomic mass is 9.80. The highest BCUT2D eigenvalue weighted by Crippen LogP contribution is 2.44. The van der Waals surface area contributed by atoms with Crippen LogP contribution in [0, 0.1) is 20.2 Å². The van der Waals surface area contributed by atoms with E-state index in [4.69, 9.17) is 30.5 Å². The van der Waals surface area contributed by atoms with Crippen LogP contribution in [-0.4, -0.2) is 106 Å². The third kappa shape index (κ3) is 13.5. The zero-order chi connectivity index (χ0) is 72.5. The van der Waals surface area contributed by atoms with Crippen LogP contribution >= 0.6 is 11.6 Å². The van der Waals surface area contributed by atoms with Crippen molar-refractivity contribution in [3.63, 3.8) is 0 Å².